The van der Waals surface area contributed by atoms with Crippen molar-refractivity contribution in [2.45, 2.75) is 13.0 Å². The summed E-state index contributed by atoms with van der Waals surface area (Å²) in [6, 6.07) is 11.5. The number of amides is 1. The fourth-order valence-corrected chi connectivity index (χ4v) is 2.52. The first kappa shape index (κ1) is 19.2. The maximum absolute atomic E-state index is 13.1. The molecule has 4 nitrogen and oxygen atoms in total. The Kier molecular flexibility index (Phi) is 6.79. The van der Waals surface area contributed by atoms with Gasteiger partial charge in [0.1, 0.15) is 11.6 Å². The topological polar surface area (TPSA) is 41.6 Å². The van der Waals surface area contributed by atoms with Crippen molar-refractivity contribution in [3.63, 3.8) is 0 Å². The van der Waals surface area contributed by atoms with E-state index < -0.39 is 0 Å². The normalized spacial score (nSPS) is 12.1. The summed E-state index contributed by atoms with van der Waals surface area (Å²) in [5, 5.41) is 3.51. The van der Waals surface area contributed by atoms with Crippen molar-refractivity contribution < 1.29 is 13.9 Å². The van der Waals surface area contributed by atoms with Crippen LogP contribution in [0.3, 0.4) is 0 Å². The van der Waals surface area contributed by atoms with Crippen LogP contribution >= 0.6 is 11.6 Å². The molecule has 0 radical (unpaired) electrons. The molecule has 0 bridgehead atoms. The summed E-state index contributed by atoms with van der Waals surface area (Å²) in [4.78, 5) is 14.0. The lowest BCUT2D eigenvalue weighted by Crippen LogP contribution is -2.36. The molecule has 2 aromatic rings. The molecule has 0 aliphatic rings. The van der Waals surface area contributed by atoms with E-state index >= 15 is 0 Å². The highest BCUT2D eigenvalue weighted by atomic mass is 35.5. The summed E-state index contributed by atoms with van der Waals surface area (Å²) in [5.74, 6) is 0.0956. The number of rotatable bonds is 7. The van der Waals surface area contributed by atoms with Crippen LogP contribution in [-0.2, 0) is 4.79 Å². The number of nitrogens with zero attached hydrogens (tertiary/aromatic N) is 1. The fourth-order valence-electron chi connectivity index (χ4n) is 2.40. The van der Waals surface area contributed by atoms with Crippen molar-refractivity contribution in [2.24, 2.45) is 0 Å². The molecule has 2 rings (SSSR count). The predicted octanol–water partition coefficient (Wildman–Crippen LogP) is 3.59. The lowest BCUT2D eigenvalue weighted by Gasteiger charge is -2.25. The lowest BCUT2D eigenvalue weighted by atomic mass is 10.1. The van der Waals surface area contributed by atoms with Crippen LogP contribution in [0.2, 0.25) is 5.02 Å². The van der Waals surface area contributed by atoms with Gasteiger partial charge in [0.25, 0.3) is 5.91 Å². The Morgan fingerprint density at radius 1 is 1.24 bits per heavy atom. The van der Waals surface area contributed by atoms with Crippen LogP contribution in [0.5, 0.6) is 5.75 Å². The Balaban J connectivity index is 1.88. The Morgan fingerprint density at radius 3 is 2.52 bits per heavy atom. The molecule has 1 atom stereocenters. The SMILES string of the molecule is Cc1cc(OCC(=O)NC[C@H](c2ccc(F)cc2)N(C)C)ccc1Cl. The Hall–Kier alpha value is -2.11. The minimum Gasteiger partial charge on any atom is -0.484 e. The molecule has 0 saturated heterocycles. The van der Waals surface area contributed by atoms with E-state index in [1.165, 1.54) is 12.1 Å². The van der Waals surface area contributed by atoms with Crippen molar-refractivity contribution in [3.05, 3.63) is 64.4 Å². The van der Waals surface area contributed by atoms with Crippen LogP contribution in [-0.4, -0.2) is 38.1 Å². The number of likely N-dealkylation sites (N-methyl/N-ethyl adjacent to an activating group) is 1. The van der Waals surface area contributed by atoms with E-state index in [4.69, 9.17) is 16.3 Å². The fraction of sp³-hybridized carbons (Fsp3) is 0.316. The van der Waals surface area contributed by atoms with E-state index in [1.807, 2.05) is 25.9 Å². The average Bonchev–Trinajstić information content (AvgIpc) is 2.57. The monoisotopic (exact) mass is 364 g/mol. The summed E-state index contributed by atoms with van der Waals surface area (Å²) in [5.41, 5.74) is 1.82. The van der Waals surface area contributed by atoms with Gasteiger partial charge in [-0.05, 0) is 62.5 Å². The van der Waals surface area contributed by atoms with Gasteiger partial charge in [0.2, 0.25) is 0 Å². The number of carbonyl (C=O) groups excluding carboxylic acids is 1. The third-order valence-corrected chi connectivity index (χ3v) is 4.29. The highest BCUT2D eigenvalue weighted by molar-refractivity contribution is 6.31. The molecule has 0 aliphatic heterocycles. The maximum atomic E-state index is 13.1. The molecule has 134 valence electrons. The van der Waals surface area contributed by atoms with E-state index in [1.54, 1.807) is 30.3 Å². The van der Waals surface area contributed by atoms with Gasteiger partial charge in [-0.3, -0.25) is 4.79 Å². The molecular formula is C19H22ClFN2O2. The molecule has 2 aromatic carbocycles. The zero-order valence-corrected chi connectivity index (χ0v) is 15.3. The lowest BCUT2D eigenvalue weighted by molar-refractivity contribution is -0.123. The molecule has 0 saturated carbocycles. The summed E-state index contributed by atoms with van der Waals surface area (Å²) in [7, 11) is 3.82. The van der Waals surface area contributed by atoms with Crippen molar-refractivity contribution in [1.82, 2.24) is 10.2 Å². The number of aryl methyl sites for hydroxylation is 1. The van der Waals surface area contributed by atoms with Crippen molar-refractivity contribution in [3.8, 4) is 5.75 Å². The Labute approximate surface area is 152 Å². The van der Waals surface area contributed by atoms with Gasteiger partial charge in [-0.2, -0.15) is 0 Å². The smallest absolute Gasteiger partial charge is 0.258 e. The number of carbonyl (C=O) groups is 1. The van der Waals surface area contributed by atoms with Crippen molar-refractivity contribution >= 4 is 17.5 Å². The third kappa shape index (κ3) is 5.73. The van der Waals surface area contributed by atoms with Gasteiger partial charge in [0, 0.05) is 11.6 Å². The molecule has 6 heteroatoms. The molecular weight excluding hydrogens is 343 g/mol. The van der Waals surface area contributed by atoms with Gasteiger partial charge in [0.15, 0.2) is 6.61 Å². The number of hydrogen-bond acceptors (Lipinski definition) is 3. The predicted molar refractivity (Wildman–Crippen MR) is 97.5 cm³/mol. The summed E-state index contributed by atoms with van der Waals surface area (Å²) in [6.45, 7) is 2.20. The summed E-state index contributed by atoms with van der Waals surface area (Å²) in [6.07, 6.45) is 0. The number of nitrogens with one attached hydrogen (secondary N) is 1. The molecule has 0 aromatic heterocycles. The third-order valence-electron chi connectivity index (χ3n) is 3.87. The minimum atomic E-state index is -0.281. The summed E-state index contributed by atoms with van der Waals surface area (Å²) < 4.78 is 18.6. The Morgan fingerprint density at radius 2 is 1.92 bits per heavy atom. The van der Waals surface area contributed by atoms with Gasteiger partial charge in [-0.25, -0.2) is 4.39 Å². The van der Waals surface area contributed by atoms with E-state index in [9.17, 15) is 9.18 Å². The first-order valence-electron chi connectivity index (χ1n) is 7.94. The summed E-state index contributed by atoms with van der Waals surface area (Å²) >= 11 is 5.96. The number of hydrogen-bond donors (Lipinski definition) is 1. The first-order chi connectivity index (χ1) is 11.9. The number of benzene rings is 2. The molecule has 0 heterocycles. The van der Waals surface area contributed by atoms with Gasteiger partial charge in [-0.15, -0.1) is 0 Å². The first-order valence-corrected chi connectivity index (χ1v) is 8.32. The molecule has 0 aliphatic carbocycles. The second-order valence-electron chi connectivity index (χ2n) is 6.03. The minimum absolute atomic E-state index is 0.0534. The molecule has 0 spiro atoms. The van der Waals surface area contributed by atoms with E-state index in [0.717, 1.165) is 11.1 Å². The van der Waals surface area contributed by atoms with E-state index in [0.29, 0.717) is 17.3 Å². The zero-order valence-electron chi connectivity index (χ0n) is 14.6. The molecule has 25 heavy (non-hydrogen) atoms. The molecule has 1 amide bonds. The average molecular weight is 365 g/mol. The van der Waals surface area contributed by atoms with E-state index in [2.05, 4.69) is 5.32 Å². The van der Waals surface area contributed by atoms with E-state index in [-0.39, 0.29) is 24.4 Å². The van der Waals surface area contributed by atoms with Crippen molar-refractivity contribution in [2.75, 3.05) is 27.2 Å². The van der Waals surface area contributed by atoms with Crippen LogP contribution in [0.4, 0.5) is 4.39 Å². The van der Waals surface area contributed by atoms with Gasteiger partial charge in [0.05, 0.1) is 6.04 Å². The number of ether oxygens (including phenoxy) is 1. The van der Waals surface area contributed by atoms with Gasteiger partial charge < -0.3 is 15.0 Å². The quantitative estimate of drug-likeness (QED) is 0.816. The molecule has 0 unspecified atom stereocenters. The van der Waals surface area contributed by atoms with Crippen LogP contribution in [0, 0.1) is 12.7 Å². The number of halogens is 2. The Bertz CT molecular complexity index is 720. The van der Waals surface area contributed by atoms with Crippen LogP contribution in [0.25, 0.3) is 0 Å². The maximum Gasteiger partial charge on any atom is 0.258 e. The molecule has 0 fully saturated rings. The standard InChI is InChI=1S/C19H22ClFN2O2/c1-13-10-16(8-9-17(13)20)25-12-19(24)22-11-18(23(2)3)14-4-6-15(21)7-5-14/h4-10,18H,11-12H2,1-3H3,(H,22,24)/t18-/m1/s1. The van der Waals surface area contributed by atoms with Crippen LogP contribution in [0.1, 0.15) is 17.2 Å². The molecule has 1 N–H and O–H groups in total. The van der Waals surface area contributed by atoms with Crippen LogP contribution in [0.15, 0.2) is 42.5 Å². The highest BCUT2D eigenvalue weighted by Crippen LogP contribution is 2.21. The second-order valence-corrected chi connectivity index (χ2v) is 6.44. The second kappa shape index (κ2) is 8.83. The highest BCUT2D eigenvalue weighted by Gasteiger charge is 2.15. The zero-order chi connectivity index (χ0) is 18.4. The van der Waals surface area contributed by atoms with Crippen molar-refractivity contribution in [1.29, 1.82) is 0 Å². The van der Waals surface area contributed by atoms with Gasteiger partial charge >= 0.3 is 0 Å². The largest absolute Gasteiger partial charge is 0.484 e. The van der Waals surface area contributed by atoms with Crippen LogP contribution < -0.4 is 10.1 Å². The van der Waals surface area contributed by atoms with Gasteiger partial charge in [-0.1, -0.05) is 23.7 Å².